The standard InChI is InChI=1S/C12H12N2O3/c15-10-6-9(7-13-8-10)12(16)14-4-3-11-2-1-5-17-11/h1-2,5-8,15H,3-4H2,(H,14,16). The minimum atomic E-state index is -0.264. The van der Waals surface area contributed by atoms with Crippen LogP contribution in [0.1, 0.15) is 16.1 Å². The van der Waals surface area contributed by atoms with E-state index in [1.807, 2.05) is 6.07 Å². The van der Waals surface area contributed by atoms with Gasteiger partial charge in [0.1, 0.15) is 11.5 Å². The zero-order valence-corrected chi connectivity index (χ0v) is 9.09. The predicted molar refractivity (Wildman–Crippen MR) is 60.6 cm³/mol. The van der Waals surface area contributed by atoms with Gasteiger partial charge in [-0.15, -0.1) is 0 Å². The molecule has 5 heteroatoms. The molecule has 2 rings (SSSR count). The molecule has 0 aromatic carbocycles. The molecule has 2 aromatic heterocycles. The molecule has 2 heterocycles. The summed E-state index contributed by atoms with van der Waals surface area (Å²) in [6, 6.07) is 5.02. The molecule has 17 heavy (non-hydrogen) atoms. The van der Waals surface area contributed by atoms with Gasteiger partial charge in [0.05, 0.1) is 18.0 Å². The molecular formula is C12H12N2O3. The van der Waals surface area contributed by atoms with Gasteiger partial charge in [-0.1, -0.05) is 0 Å². The highest BCUT2D eigenvalue weighted by molar-refractivity contribution is 5.94. The molecule has 0 unspecified atom stereocenters. The number of nitrogens with zero attached hydrogens (tertiary/aromatic N) is 1. The van der Waals surface area contributed by atoms with Gasteiger partial charge >= 0.3 is 0 Å². The second kappa shape index (κ2) is 5.16. The molecule has 2 N–H and O–H groups in total. The van der Waals surface area contributed by atoms with Gasteiger partial charge in [-0.25, -0.2) is 0 Å². The summed E-state index contributed by atoms with van der Waals surface area (Å²) in [5, 5.41) is 11.9. The molecule has 88 valence electrons. The molecule has 0 aliphatic rings. The molecule has 0 radical (unpaired) electrons. The first-order valence-corrected chi connectivity index (χ1v) is 5.20. The maximum absolute atomic E-state index is 11.6. The van der Waals surface area contributed by atoms with E-state index in [4.69, 9.17) is 4.42 Å². The summed E-state index contributed by atoms with van der Waals surface area (Å²) in [4.78, 5) is 15.4. The Labute approximate surface area is 98.1 Å². The van der Waals surface area contributed by atoms with Gasteiger partial charge in [0.25, 0.3) is 5.91 Å². The molecule has 0 atom stereocenters. The summed E-state index contributed by atoms with van der Waals surface area (Å²) in [7, 11) is 0. The number of amides is 1. The van der Waals surface area contributed by atoms with Crippen molar-refractivity contribution in [3.8, 4) is 5.75 Å². The summed E-state index contributed by atoms with van der Waals surface area (Å²) in [5.74, 6) is 0.531. The zero-order chi connectivity index (χ0) is 12.1. The van der Waals surface area contributed by atoms with Crippen molar-refractivity contribution >= 4 is 5.91 Å². The summed E-state index contributed by atoms with van der Waals surface area (Å²) in [6.07, 6.45) is 4.91. The zero-order valence-electron chi connectivity index (χ0n) is 9.09. The van der Waals surface area contributed by atoms with Crippen LogP contribution in [0, 0.1) is 0 Å². The van der Waals surface area contributed by atoms with Gasteiger partial charge in [-0.3, -0.25) is 9.78 Å². The van der Waals surface area contributed by atoms with E-state index in [9.17, 15) is 9.90 Å². The van der Waals surface area contributed by atoms with Crippen molar-refractivity contribution in [2.24, 2.45) is 0 Å². The molecule has 2 aromatic rings. The van der Waals surface area contributed by atoms with E-state index >= 15 is 0 Å². The number of carbonyl (C=O) groups is 1. The monoisotopic (exact) mass is 232 g/mol. The van der Waals surface area contributed by atoms with Crippen molar-refractivity contribution in [2.75, 3.05) is 6.54 Å². The van der Waals surface area contributed by atoms with Crippen molar-refractivity contribution in [1.82, 2.24) is 10.3 Å². The number of hydrogen-bond donors (Lipinski definition) is 2. The van der Waals surface area contributed by atoms with E-state index in [0.29, 0.717) is 18.5 Å². The maximum Gasteiger partial charge on any atom is 0.252 e. The van der Waals surface area contributed by atoms with Crippen molar-refractivity contribution in [3.05, 3.63) is 48.2 Å². The topological polar surface area (TPSA) is 75.4 Å². The smallest absolute Gasteiger partial charge is 0.252 e. The first-order chi connectivity index (χ1) is 8.25. The highest BCUT2D eigenvalue weighted by atomic mass is 16.3. The highest BCUT2D eigenvalue weighted by Gasteiger charge is 2.06. The largest absolute Gasteiger partial charge is 0.506 e. The molecule has 0 saturated heterocycles. The highest BCUT2D eigenvalue weighted by Crippen LogP contribution is 2.08. The van der Waals surface area contributed by atoms with Crippen LogP contribution in [0.2, 0.25) is 0 Å². The normalized spacial score (nSPS) is 10.1. The third-order valence-electron chi connectivity index (χ3n) is 2.22. The molecular weight excluding hydrogens is 220 g/mol. The summed E-state index contributed by atoms with van der Waals surface area (Å²) >= 11 is 0. The van der Waals surface area contributed by atoms with Crippen LogP contribution in [0.4, 0.5) is 0 Å². The number of hydrogen-bond acceptors (Lipinski definition) is 4. The Morgan fingerprint density at radius 3 is 3.06 bits per heavy atom. The minimum absolute atomic E-state index is 0.0244. The Morgan fingerprint density at radius 1 is 1.47 bits per heavy atom. The van der Waals surface area contributed by atoms with Gasteiger partial charge < -0.3 is 14.8 Å². The van der Waals surface area contributed by atoms with Gasteiger partial charge in [-0.2, -0.15) is 0 Å². The van der Waals surface area contributed by atoms with Crippen molar-refractivity contribution in [3.63, 3.8) is 0 Å². The lowest BCUT2D eigenvalue weighted by molar-refractivity contribution is 0.0953. The molecule has 0 bridgehead atoms. The van der Waals surface area contributed by atoms with Crippen molar-refractivity contribution < 1.29 is 14.3 Å². The summed E-state index contributed by atoms with van der Waals surface area (Å²) in [6.45, 7) is 0.474. The molecule has 0 saturated carbocycles. The number of rotatable bonds is 4. The SMILES string of the molecule is O=C(NCCc1ccco1)c1cncc(O)c1. The molecule has 0 aliphatic carbocycles. The number of nitrogens with one attached hydrogen (secondary N) is 1. The van der Waals surface area contributed by atoms with Crippen LogP contribution in [0.3, 0.4) is 0 Å². The van der Waals surface area contributed by atoms with Crippen LogP contribution in [0.5, 0.6) is 5.75 Å². The molecule has 0 aliphatic heterocycles. The second-order valence-corrected chi connectivity index (χ2v) is 3.52. The Hall–Kier alpha value is -2.30. The molecule has 0 fully saturated rings. The first kappa shape index (κ1) is 11.2. The summed E-state index contributed by atoms with van der Waals surface area (Å²) in [5.41, 5.74) is 0.337. The fourth-order valence-corrected chi connectivity index (χ4v) is 1.41. The lowest BCUT2D eigenvalue weighted by Gasteiger charge is -2.03. The maximum atomic E-state index is 11.6. The fraction of sp³-hybridized carbons (Fsp3) is 0.167. The average Bonchev–Trinajstić information content (AvgIpc) is 2.82. The first-order valence-electron chi connectivity index (χ1n) is 5.20. The number of carbonyl (C=O) groups excluding carboxylic acids is 1. The third kappa shape index (κ3) is 3.07. The fourth-order valence-electron chi connectivity index (χ4n) is 1.41. The van der Waals surface area contributed by atoms with E-state index in [1.54, 1.807) is 12.3 Å². The third-order valence-corrected chi connectivity index (χ3v) is 2.22. The van der Waals surface area contributed by atoms with Gasteiger partial charge in [0.15, 0.2) is 0 Å². The average molecular weight is 232 g/mol. The predicted octanol–water partition coefficient (Wildman–Crippen LogP) is 1.35. The van der Waals surface area contributed by atoms with E-state index in [2.05, 4.69) is 10.3 Å². The Bertz CT molecular complexity index is 494. The number of aromatic nitrogens is 1. The van der Waals surface area contributed by atoms with Crippen LogP contribution in [0.15, 0.2) is 41.3 Å². The van der Waals surface area contributed by atoms with Gasteiger partial charge in [0, 0.05) is 19.2 Å². The lowest BCUT2D eigenvalue weighted by atomic mass is 10.2. The van der Waals surface area contributed by atoms with Crippen molar-refractivity contribution in [2.45, 2.75) is 6.42 Å². The van der Waals surface area contributed by atoms with Gasteiger partial charge in [0.2, 0.25) is 0 Å². The van der Waals surface area contributed by atoms with Crippen LogP contribution < -0.4 is 5.32 Å². The van der Waals surface area contributed by atoms with Crippen molar-refractivity contribution in [1.29, 1.82) is 0 Å². The molecule has 0 spiro atoms. The Morgan fingerprint density at radius 2 is 2.35 bits per heavy atom. The van der Waals surface area contributed by atoms with Crippen LogP contribution in [-0.4, -0.2) is 22.5 Å². The Balaban J connectivity index is 1.85. The number of furan rings is 1. The van der Waals surface area contributed by atoms with E-state index in [1.165, 1.54) is 18.5 Å². The van der Waals surface area contributed by atoms with Crippen LogP contribution in [-0.2, 0) is 6.42 Å². The van der Waals surface area contributed by atoms with Gasteiger partial charge in [-0.05, 0) is 18.2 Å². The second-order valence-electron chi connectivity index (χ2n) is 3.52. The lowest BCUT2D eigenvalue weighted by Crippen LogP contribution is -2.25. The molecule has 1 amide bonds. The molecule has 5 nitrogen and oxygen atoms in total. The minimum Gasteiger partial charge on any atom is -0.506 e. The van der Waals surface area contributed by atoms with E-state index < -0.39 is 0 Å². The van der Waals surface area contributed by atoms with Crippen LogP contribution in [0.25, 0.3) is 0 Å². The van der Waals surface area contributed by atoms with Crippen LogP contribution >= 0.6 is 0 Å². The van der Waals surface area contributed by atoms with E-state index in [-0.39, 0.29) is 11.7 Å². The summed E-state index contributed by atoms with van der Waals surface area (Å²) < 4.78 is 5.14. The Kier molecular flexibility index (Phi) is 3.40. The van der Waals surface area contributed by atoms with E-state index in [0.717, 1.165) is 5.76 Å². The number of pyridine rings is 1. The number of aromatic hydroxyl groups is 1. The quantitative estimate of drug-likeness (QED) is 0.834.